The molecular weight excluding hydrogens is 569 g/mol. The Morgan fingerprint density at radius 2 is 1.55 bits per heavy atom. The SMILES string of the molecule is CCCCNC(=O)[C@H](CC)N(Cc1ccccc1C)C(=O)CN(c1cc(Cl)cc(Cl)c1)S(=O)(=O)c1ccccc1. The van der Waals surface area contributed by atoms with Crippen molar-refractivity contribution < 1.29 is 18.0 Å². The maximum Gasteiger partial charge on any atom is 0.264 e. The highest BCUT2D eigenvalue weighted by molar-refractivity contribution is 7.92. The molecule has 3 rings (SSSR count). The zero-order chi connectivity index (χ0) is 29.3. The molecule has 1 atom stereocenters. The quantitative estimate of drug-likeness (QED) is 0.235. The predicted octanol–water partition coefficient (Wildman–Crippen LogP) is 6.22. The molecule has 0 heterocycles. The van der Waals surface area contributed by atoms with Gasteiger partial charge in [0.1, 0.15) is 12.6 Å². The maximum atomic E-state index is 14.1. The number of sulfonamides is 1. The van der Waals surface area contributed by atoms with Crippen molar-refractivity contribution >= 4 is 50.7 Å². The van der Waals surface area contributed by atoms with Crippen LogP contribution in [0.4, 0.5) is 5.69 Å². The Morgan fingerprint density at radius 1 is 0.925 bits per heavy atom. The normalized spacial score (nSPS) is 12.0. The highest BCUT2D eigenvalue weighted by Crippen LogP contribution is 2.30. The van der Waals surface area contributed by atoms with Gasteiger partial charge < -0.3 is 10.2 Å². The molecule has 0 aliphatic heterocycles. The lowest BCUT2D eigenvalue weighted by molar-refractivity contribution is -0.140. The second-order valence-corrected chi connectivity index (χ2v) is 12.2. The van der Waals surface area contributed by atoms with Gasteiger partial charge in [0, 0.05) is 23.1 Å². The molecule has 40 heavy (non-hydrogen) atoms. The Balaban J connectivity index is 2.07. The van der Waals surface area contributed by atoms with Crippen molar-refractivity contribution in [1.82, 2.24) is 10.2 Å². The molecule has 0 saturated carbocycles. The zero-order valence-corrected chi connectivity index (χ0v) is 25.3. The summed E-state index contributed by atoms with van der Waals surface area (Å²) in [5, 5.41) is 3.37. The second kappa shape index (κ2) is 14.5. The lowest BCUT2D eigenvalue weighted by Gasteiger charge is -2.33. The molecule has 0 aliphatic carbocycles. The van der Waals surface area contributed by atoms with E-state index in [-0.39, 0.29) is 33.1 Å². The Bertz CT molecular complexity index is 1400. The Kier molecular flexibility index (Phi) is 11.4. The topological polar surface area (TPSA) is 86.8 Å². The van der Waals surface area contributed by atoms with Crippen molar-refractivity contribution in [3.8, 4) is 0 Å². The van der Waals surface area contributed by atoms with Crippen LogP contribution < -0.4 is 9.62 Å². The Hall–Kier alpha value is -3.07. The van der Waals surface area contributed by atoms with Crippen LogP contribution in [-0.2, 0) is 26.2 Å². The molecule has 7 nitrogen and oxygen atoms in total. The van der Waals surface area contributed by atoms with Crippen LogP contribution in [0.2, 0.25) is 10.0 Å². The average Bonchev–Trinajstić information content (AvgIpc) is 2.92. The zero-order valence-electron chi connectivity index (χ0n) is 22.9. The van der Waals surface area contributed by atoms with E-state index in [1.54, 1.807) is 18.2 Å². The van der Waals surface area contributed by atoms with Crippen LogP contribution >= 0.6 is 23.2 Å². The Morgan fingerprint density at radius 3 is 2.15 bits per heavy atom. The predicted molar refractivity (Wildman–Crippen MR) is 161 cm³/mol. The van der Waals surface area contributed by atoms with E-state index >= 15 is 0 Å². The highest BCUT2D eigenvalue weighted by Gasteiger charge is 2.34. The number of carbonyl (C=O) groups is 2. The third-order valence-corrected chi connectivity index (χ3v) is 8.79. The third kappa shape index (κ3) is 7.99. The molecule has 0 radical (unpaired) electrons. The summed E-state index contributed by atoms with van der Waals surface area (Å²) in [6.07, 6.45) is 2.08. The van der Waals surface area contributed by atoms with E-state index in [9.17, 15) is 18.0 Å². The van der Waals surface area contributed by atoms with Gasteiger partial charge in [-0.15, -0.1) is 0 Å². The summed E-state index contributed by atoms with van der Waals surface area (Å²) in [4.78, 5) is 28.8. The second-order valence-electron chi connectivity index (χ2n) is 9.47. The summed E-state index contributed by atoms with van der Waals surface area (Å²) in [6.45, 7) is 5.87. The molecule has 0 spiro atoms. The molecule has 0 unspecified atom stereocenters. The molecule has 0 aromatic heterocycles. The number of benzene rings is 3. The minimum atomic E-state index is -4.20. The van der Waals surface area contributed by atoms with Gasteiger partial charge in [-0.1, -0.05) is 85.9 Å². The van der Waals surface area contributed by atoms with Gasteiger partial charge in [-0.05, 0) is 61.2 Å². The number of hydrogen-bond donors (Lipinski definition) is 1. The summed E-state index contributed by atoms with van der Waals surface area (Å²) in [5.74, 6) is -0.808. The number of halogens is 2. The summed E-state index contributed by atoms with van der Waals surface area (Å²) < 4.78 is 28.7. The molecule has 0 fully saturated rings. The number of rotatable bonds is 13. The first-order valence-corrected chi connectivity index (χ1v) is 15.4. The molecule has 0 saturated heterocycles. The molecular formula is C30H35Cl2N3O4S. The molecule has 3 aromatic carbocycles. The van der Waals surface area contributed by atoms with E-state index in [4.69, 9.17) is 23.2 Å². The lowest BCUT2D eigenvalue weighted by atomic mass is 10.1. The molecule has 3 aromatic rings. The van der Waals surface area contributed by atoms with Gasteiger partial charge >= 0.3 is 0 Å². The minimum Gasteiger partial charge on any atom is -0.354 e. The number of hydrogen-bond acceptors (Lipinski definition) is 4. The van der Waals surface area contributed by atoms with Gasteiger partial charge in [0.15, 0.2) is 0 Å². The van der Waals surface area contributed by atoms with Gasteiger partial charge in [-0.3, -0.25) is 13.9 Å². The van der Waals surface area contributed by atoms with E-state index in [0.717, 1.165) is 28.3 Å². The fourth-order valence-electron chi connectivity index (χ4n) is 4.33. The van der Waals surface area contributed by atoms with Crippen LogP contribution in [0.15, 0.2) is 77.7 Å². The van der Waals surface area contributed by atoms with Crippen LogP contribution in [-0.4, -0.2) is 44.3 Å². The summed E-state index contributed by atoms with van der Waals surface area (Å²) in [7, 11) is -4.20. The number of carbonyl (C=O) groups excluding carboxylic acids is 2. The maximum absolute atomic E-state index is 14.1. The van der Waals surface area contributed by atoms with Gasteiger partial charge in [0.25, 0.3) is 10.0 Å². The molecule has 10 heteroatoms. The summed E-state index contributed by atoms with van der Waals surface area (Å²) in [6, 6.07) is 19.0. The number of nitrogens with zero attached hydrogens (tertiary/aromatic N) is 2. The monoisotopic (exact) mass is 603 g/mol. The lowest BCUT2D eigenvalue weighted by Crippen LogP contribution is -2.52. The number of nitrogens with one attached hydrogen (secondary N) is 1. The number of aryl methyl sites for hydroxylation is 1. The first kappa shape index (κ1) is 31.5. The standard InChI is InChI=1S/C30H35Cl2N3O4S/c1-4-6-16-33-30(37)28(5-2)34(20-23-13-11-10-12-22(23)3)29(36)21-35(26-18-24(31)17-25(32)19-26)40(38,39)27-14-8-7-9-15-27/h7-15,17-19,28H,4-6,16,20-21H2,1-3H3,(H,33,37)/t28-/m0/s1. The fraction of sp³-hybridized carbons (Fsp3) is 0.333. The van der Waals surface area contributed by atoms with Crippen molar-refractivity contribution in [3.05, 3.63) is 94.0 Å². The molecule has 1 N–H and O–H groups in total. The number of anilines is 1. The first-order chi connectivity index (χ1) is 19.1. The molecule has 0 bridgehead atoms. The number of amides is 2. The van der Waals surface area contributed by atoms with E-state index < -0.39 is 28.5 Å². The highest BCUT2D eigenvalue weighted by atomic mass is 35.5. The summed E-state index contributed by atoms with van der Waals surface area (Å²) in [5.41, 5.74) is 1.96. The van der Waals surface area contributed by atoms with E-state index in [0.29, 0.717) is 13.0 Å². The molecule has 214 valence electrons. The smallest absolute Gasteiger partial charge is 0.264 e. The van der Waals surface area contributed by atoms with E-state index in [1.807, 2.05) is 45.0 Å². The molecule has 0 aliphatic rings. The van der Waals surface area contributed by atoms with Crippen molar-refractivity contribution in [3.63, 3.8) is 0 Å². The van der Waals surface area contributed by atoms with Crippen LogP contribution in [0.1, 0.15) is 44.2 Å². The van der Waals surface area contributed by atoms with E-state index in [1.165, 1.54) is 35.2 Å². The van der Waals surface area contributed by atoms with Crippen LogP contribution in [0.5, 0.6) is 0 Å². The van der Waals surface area contributed by atoms with Crippen LogP contribution in [0, 0.1) is 6.92 Å². The average molecular weight is 605 g/mol. The van der Waals surface area contributed by atoms with Crippen molar-refractivity contribution in [2.24, 2.45) is 0 Å². The van der Waals surface area contributed by atoms with Gasteiger partial charge in [-0.25, -0.2) is 8.42 Å². The minimum absolute atomic E-state index is 0.00806. The van der Waals surface area contributed by atoms with E-state index in [2.05, 4.69) is 5.32 Å². The number of unbranched alkanes of at least 4 members (excludes halogenated alkanes) is 1. The van der Waals surface area contributed by atoms with Gasteiger partial charge in [0.2, 0.25) is 11.8 Å². The largest absolute Gasteiger partial charge is 0.354 e. The fourth-order valence-corrected chi connectivity index (χ4v) is 6.26. The van der Waals surface area contributed by atoms with Crippen LogP contribution in [0.25, 0.3) is 0 Å². The van der Waals surface area contributed by atoms with Gasteiger partial charge in [-0.2, -0.15) is 0 Å². The Labute approximate surface area is 247 Å². The first-order valence-electron chi connectivity index (χ1n) is 13.2. The van der Waals surface area contributed by atoms with Crippen LogP contribution in [0.3, 0.4) is 0 Å². The van der Waals surface area contributed by atoms with Gasteiger partial charge in [0.05, 0.1) is 10.6 Å². The molecule has 2 amide bonds. The van der Waals surface area contributed by atoms with Crippen molar-refractivity contribution in [2.75, 3.05) is 17.4 Å². The van der Waals surface area contributed by atoms with Crippen molar-refractivity contribution in [2.45, 2.75) is 57.5 Å². The van der Waals surface area contributed by atoms with Crippen molar-refractivity contribution in [1.29, 1.82) is 0 Å². The third-order valence-electron chi connectivity index (χ3n) is 6.56. The summed E-state index contributed by atoms with van der Waals surface area (Å²) >= 11 is 12.5.